The molecule has 1 fully saturated rings. The van der Waals surface area contributed by atoms with Crippen LogP contribution < -0.4 is 5.32 Å². The molecule has 2 atom stereocenters. The van der Waals surface area contributed by atoms with E-state index in [1.54, 1.807) is 0 Å². The first-order chi connectivity index (χ1) is 7.34. The number of hydrogen-bond donors (Lipinski definition) is 1. The lowest BCUT2D eigenvalue weighted by molar-refractivity contribution is 0.454. The largest absolute Gasteiger partial charge is 0.313 e. The van der Waals surface area contributed by atoms with Crippen molar-refractivity contribution < 1.29 is 0 Å². The van der Waals surface area contributed by atoms with Crippen LogP contribution in [0.4, 0.5) is 0 Å². The van der Waals surface area contributed by atoms with Gasteiger partial charge in [0.05, 0.1) is 0 Å². The Morgan fingerprint density at radius 1 is 1.07 bits per heavy atom. The van der Waals surface area contributed by atoms with Crippen LogP contribution in [0.2, 0.25) is 0 Å². The third-order valence-corrected chi connectivity index (χ3v) is 3.89. The van der Waals surface area contributed by atoms with E-state index in [0.717, 1.165) is 6.54 Å². The number of rotatable bonds is 6. The molecule has 0 aliphatic heterocycles. The highest BCUT2D eigenvalue weighted by molar-refractivity contribution is 6.21. The maximum Gasteiger partial charge on any atom is 0.0489 e. The molecule has 15 heavy (non-hydrogen) atoms. The van der Waals surface area contributed by atoms with E-state index in [-0.39, 0.29) is 0 Å². The number of nitrogens with one attached hydrogen (secondary N) is 1. The van der Waals surface area contributed by atoms with Crippen LogP contribution in [0.1, 0.15) is 64.7 Å². The molecule has 0 bridgehead atoms. The summed E-state index contributed by atoms with van der Waals surface area (Å²) in [5, 5.41) is 4.01. The molecule has 2 unspecified atom stereocenters. The third kappa shape index (κ3) is 5.77. The maximum absolute atomic E-state index is 6.36. The van der Waals surface area contributed by atoms with E-state index in [9.17, 15) is 0 Å². The monoisotopic (exact) mass is 231 g/mol. The summed E-state index contributed by atoms with van der Waals surface area (Å²) >= 11 is 6.36. The Kier molecular flexibility index (Phi) is 7.46. The first-order valence-electron chi connectivity index (χ1n) is 6.72. The van der Waals surface area contributed by atoms with Crippen LogP contribution in [-0.4, -0.2) is 18.0 Å². The fourth-order valence-electron chi connectivity index (χ4n) is 2.33. The van der Waals surface area contributed by atoms with E-state index < -0.39 is 0 Å². The van der Waals surface area contributed by atoms with Gasteiger partial charge in [0.1, 0.15) is 0 Å². The normalized spacial score (nSPS) is 27.6. The minimum atomic E-state index is 0.374. The van der Waals surface area contributed by atoms with Crippen molar-refractivity contribution >= 4 is 11.6 Å². The molecular weight excluding hydrogens is 206 g/mol. The molecule has 0 saturated heterocycles. The third-order valence-electron chi connectivity index (χ3n) is 3.37. The minimum Gasteiger partial charge on any atom is -0.313 e. The lowest BCUT2D eigenvalue weighted by Gasteiger charge is -2.21. The van der Waals surface area contributed by atoms with Gasteiger partial charge in [-0.1, -0.05) is 45.4 Å². The highest BCUT2D eigenvalue weighted by atomic mass is 35.5. The smallest absolute Gasteiger partial charge is 0.0489 e. The number of alkyl halides is 1. The second kappa shape index (κ2) is 8.41. The van der Waals surface area contributed by atoms with Crippen molar-refractivity contribution in [1.82, 2.24) is 5.32 Å². The van der Waals surface area contributed by atoms with Crippen LogP contribution in [0.3, 0.4) is 0 Å². The molecule has 90 valence electrons. The van der Waals surface area contributed by atoms with Crippen LogP contribution in [0.15, 0.2) is 0 Å². The molecule has 0 aromatic carbocycles. The highest BCUT2D eigenvalue weighted by Gasteiger charge is 2.20. The van der Waals surface area contributed by atoms with Crippen molar-refractivity contribution in [2.45, 2.75) is 76.1 Å². The standard InChI is InChI=1S/C13H26ClN/c1-2-3-4-8-11-15-13-10-7-5-6-9-12(13)14/h12-13,15H,2-11H2,1H3. The molecule has 1 nitrogen and oxygen atoms in total. The summed E-state index contributed by atoms with van der Waals surface area (Å²) in [6.45, 7) is 3.42. The topological polar surface area (TPSA) is 12.0 Å². The fraction of sp³-hybridized carbons (Fsp3) is 1.00. The molecule has 2 heteroatoms. The lowest BCUT2D eigenvalue weighted by atomic mass is 10.1. The van der Waals surface area contributed by atoms with E-state index in [2.05, 4.69) is 12.2 Å². The molecule has 1 aliphatic rings. The predicted octanol–water partition coefficient (Wildman–Crippen LogP) is 4.10. The van der Waals surface area contributed by atoms with Gasteiger partial charge < -0.3 is 5.32 Å². The van der Waals surface area contributed by atoms with Gasteiger partial charge in [-0.2, -0.15) is 0 Å². The van der Waals surface area contributed by atoms with Gasteiger partial charge in [-0.15, -0.1) is 11.6 Å². The second-order valence-corrected chi connectivity index (χ2v) is 5.34. The van der Waals surface area contributed by atoms with Crippen molar-refractivity contribution in [2.24, 2.45) is 0 Å². The van der Waals surface area contributed by atoms with Gasteiger partial charge in [-0.05, 0) is 25.8 Å². The van der Waals surface area contributed by atoms with E-state index in [0.29, 0.717) is 11.4 Å². The molecule has 1 rings (SSSR count). The fourth-order valence-corrected chi connectivity index (χ4v) is 2.70. The van der Waals surface area contributed by atoms with Gasteiger partial charge in [0, 0.05) is 11.4 Å². The van der Waals surface area contributed by atoms with Gasteiger partial charge >= 0.3 is 0 Å². The van der Waals surface area contributed by atoms with Crippen molar-refractivity contribution in [1.29, 1.82) is 0 Å². The van der Waals surface area contributed by atoms with Crippen LogP contribution in [-0.2, 0) is 0 Å². The molecule has 1 N–H and O–H groups in total. The number of hydrogen-bond acceptors (Lipinski definition) is 1. The highest BCUT2D eigenvalue weighted by Crippen LogP contribution is 2.22. The summed E-state index contributed by atoms with van der Waals surface area (Å²) in [5.41, 5.74) is 0. The van der Waals surface area contributed by atoms with Crippen LogP contribution >= 0.6 is 11.6 Å². The van der Waals surface area contributed by atoms with E-state index in [1.165, 1.54) is 57.8 Å². The van der Waals surface area contributed by atoms with E-state index >= 15 is 0 Å². The van der Waals surface area contributed by atoms with Crippen LogP contribution in [0.25, 0.3) is 0 Å². The number of halogens is 1. The Hall–Kier alpha value is 0.250. The lowest BCUT2D eigenvalue weighted by Crippen LogP contribution is -2.36. The summed E-state index contributed by atoms with van der Waals surface area (Å²) < 4.78 is 0. The molecule has 0 amide bonds. The Morgan fingerprint density at radius 2 is 1.87 bits per heavy atom. The van der Waals surface area contributed by atoms with Gasteiger partial charge in [-0.3, -0.25) is 0 Å². The van der Waals surface area contributed by atoms with Crippen molar-refractivity contribution in [2.75, 3.05) is 6.54 Å². The van der Waals surface area contributed by atoms with E-state index in [1.807, 2.05) is 0 Å². The van der Waals surface area contributed by atoms with Crippen LogP contribution in [0.5, 0.6) is 0 Å². The van der Waals surface area contributed by atoms with Crippen molar-refractivity contribution in [3.05, 3.63) is 0 Å². The average Bonchev–Trinajstić information content (AvgIpc) is 2.44. The first-order valence-corrected chi connectivity index (χ1v) is 7.15. The summed E-state index contributed by atoms with van der Waals surface area (Å²) in [7, 11) is 0. The predicted molar refractivity (Wildman–Crippen MR) is 68.7 cm³/mol. The van der Waals surface area contributed by atoms with E-state index in [4.69, 9.17) is 11.6 Å². The zero-order chi connectivity index (χ0) is 10.9. The SMILES string of the molecule is CCCCCCNC1CCCCCC1Cl. The zero-order valence-corrected chi connectivity index (χ0v) is 10.9. The minimum absolute atomic E-state index is 0.374. The molecule has 0 spiro atoms. The van der Waals surface area contributed by atoms with Gasteiger partial charge in [-0.25, -0.2) is 0 Å². The Labute approximate surface area is 100.0 Å². The average molecular weight is 232 g/mol. The summed E-state index contributed by atoms with van der Waals surface area (Å²) in [6, 6.07) is 0.579. The van der Waals surface area contributed by atoms with Gasteiger partial charge in [0.15, 0.2) is 0 Å². The van der Waals surface area contributed by atoms with Crippen molar-refractivity contribution in [3.8, 4) is 0 Å². The maximum atomic E-state index is 6.36. The molecule has 0 aromatic heterocycles. The van der Waals surface area contributed by atoms with Gasteiger partial charge in [0.25, 0.3) is 0 Å². The molecule has 1 aliphatic carbocycles. The summed E-state index contributed by atoms with van der Waals surface area (Å²) in [6.07, 6.45) is 11.9. The van der Waals surface area contributed by atoms with Gasteiger partial charge in [0.2, 0.25) is 0 Å². The quantitative estimate of drug-likeness (QED) is 0.412. The molecule has 0 radical (unpaired) electrons. The molecular formula is C13H26ClN. The Morgan fingerprint density at radius 3 is 2.67 bits per heavy atom. The molecule has 0 heterocycles. The van der Waals surface area contributed by atoms with Crippen LogP contribution in [0, 0.1) is 0 Å². The van der Waals surface area contributed by atoms with Crippen molar-refractivity contribution in [3.63, 3.8) is 0 Å². The Bertz CT molecular complexity index is 149. The second-order valence-electron chi connectivity index (χ2n) is 4.78. The first kappa shape index (κ1) is 13.3. The molecule has 0 aromatic rings. The number of unbranched alkanes of at least 4 members (excludes halogenated alkanes) is 3. The Balaban J connectivity index is 2.07. The summed E-state index contributed by atoms with van der Waals surface area (Å²) in [5.74, 6) is 0. The molecule has 1 saturated carbocycles. The zero-order valence-electron chi connectivity index (χ0n) is 10.1. The summed E-state index contributed by atoms with van der Waals surface area (Å²) in [4.78, 5) is 0.